The van der Waals surface area contributed by atoms with E-state index in [-0.39, 0.29) is 0 Å². The minimum Gasteiger partial charge on any atom is -0.389 e. The van der Waals surface area contributed by atoms with Crippen molar-refractivity contribution >= 4 is 27.3 Å². The maximum Gasteiger partial charge on any atom is 0.0897 e. The molecule has 2 N–H and O–H groups in total. The highest BCUT2D eigenvalue weighted by molar-refractivity contribution is 9.10. The van der Waals surface area contributed by atoms with Crippen molar-refractivity contribution in [2.24, 2.45) is 0 Å². The zero-order chi connectivity index (χ0) is 12.8. The Kier molecular flexibility index (Phi) is 6.11. The second-order valence-corrected chi connectivity index (χ2v) is 6.57. The van der Waals surface area contributed by atoms with Crippen LogP contribution in [0, 0.1) is 0 Å². The van der Waals surface area contributed by atoms with Crippen LogP contribution in [0.15, 0.2) is 15.9 Å². The predicted octanol–water partition coefficient (Wildman–Crippen LogP) is 2.92. The Balaban J connectivity index is 1.57. The first-order valence-corrected chi connectivity index (χ1v) is 8.15. The number of aliphatic hydroxyl groups is 1. The van der Waals surface area contributed by atoms with E-state index in [1.165, 1.54) is 17.7 Å². The maximum atomic E-state index is 9.81. The van der Waals surface area contributed by atoms with Crippen molar-refractivity contribution in [3.63, 3.8) is 0 Å². The summed E-state index contributed by atoms with van der Waals surface area (Å²) in [6.07, 6.45) is 4.82. The molecule has 0 saturated heterocycles. The fourth-order valence-electron chi connectivity index (χ4n) is 2.16. The van der Waals surface area contributed by atoms with E-state index in [0.29, 0.717) is 19.3 Å². The third-order valence-corrected chi connectivity index (χ3v) is 5.11. The molecule has 1 unspecified atom stereocenters. The summed E-state index contributed by atoms with van der Waals surface area (Å²) in [5, 5.41) is 15.1. The van der Waals surface area contributed by atoms with E-state index in [1.807, 2.05) is 6.07 Å². The summed E-state index contributed by atoms with van der Waals surface area (Å²) in [4.78, 5) is 1.26. The monoisotopic (exact) mass is 333 g/mol. The molecule has 0 bridgehead atoms. The normalized spacial score (nSPS) is 18.3. The Morgan fingerprint density at radius 2 is 2.28 bits per heavy atom. The molecule has 1 aliphatic rings. The van der Waals surface area contributed by atoms with Crippen LogP contribution in [0.3, 0.4) is 0 Å². The van der Waals surface area contributed by atoms with Crippen molar-refractivity contribution in [1.82, 2.24) is 5.32 Å². The second kappa shape index (κ2) is 7.60. The van der Waals surface area contributed by atoms with Gasteiger partial charge in [0.1, 0.15) is 0 Å². The number of halogens is 1. The van der Waals surface area contributed by atoms with E-state index in [9.17, 15) is 5.11 Å². The molecule has 0 aliphatic heterocycles. The van der Waals surface area contributed by atoms with Gasteiger partial charge >= 0.3 is 0 Å². The molecule has 2 rings (SSSR count). The molecule has 0 radical (unpaired) electrons. The summed E-state index contributed by atoms with van der Waals surface area (Å²) in [6.45, 7) is 1.82. The first-order valence-electron chi connectivity index (χ1n) is 6.48. The average Bonchev–Trinajstić information content (AvgIpc) is 2.99. The van der Waals surface area contributed by atoms with E-state index in [2.05, 4.69) is 26.6 Å². The van der Waals surface area contributed by atoms with Crippen LogP contribution in [0.25, 0.3) is 0 Å². The van der Waals surface area contributed by atoms with E-state index >= 15 is 0 Å². The highest BCUT2D eigenvalue weighted by Gasteiger charge is 2.16. The maximum absolute atomic E-state index is 9.81. The van der Waals surface area contributed by atoms with E-state index in [4.69, 9.17) is 4.74 Å². The predicted molar refractivity (Wildman–Crippen MR) is 77.9 cm³/mol. The summed E-state index contributed by atoms with van der Waals surface area (Å²) < 4.78 is 6.82. The molecule has 1 aliphatic carbocycles. The zero-order valence-corrected chi connectivity index (χ0v) is 12.8. The lowest BCUT2D eigenvalue weighted by Crippen LogP contribution is -2.31. The van der Waals surface area contributed by atoms with Crippen molar-refractivity contribution in [3.05, 3.63) is 20.8 Å². The molecule has 1 aromatic rings. The topological polar surface area (TPSA) is 41.5 Å². The van der Waals surface area contributed by atoms with Crippen LogP contribution in [0.5, 0.6) is 0 Å². The van der Waals surface area contributed by atoms with Gasteiger partial charge in [-0.15, -0.1) is 11.3 Å². The minimum atomic E-state index is -0.413. The van der Waals surface area contributed by atoms with Gasteiger partial charge in [-0.3, -0.25) is 0 Å². The van der Waals surface area contributed by atoms with Crippen LogP contribution >= 0.6 is 27.3 Å². The molecular formula is C13H20BrNO2S. The molecule has 1 saturated carbocycles. The van der Waals surface area contributed by atoms with Gasteiger partial charge in [0.25, 0.3) is 0 Å². The number of thiophene rings is 1. The number of nitrogens with one attached hydrogen (secondary N) is 1. The van der Waals surface area contributed by atoms with Gasteiger partial charge in [0.2, 0.25) is 0 Å². The minimum absolute atomic E-state index is 0.381. The summed E-state index contributed by atoms with van der Waals surface area (Å²) in [6, 6.07) is 2.04. The molecule has 0 amide bonds. The summed E-state index contributed by atoms with van der Waals surface area (Å²) in [7, 11) is 0. The van der Waals surface area contributed by atoms with Gasteiger partial charge in [-0.05, 0) is 40.2 Å². The van der Waals surface area contributed by atoms with Gasteiger partial charge in [0.15, 0.2) is 0 Å². The molecule has 0 spiro atoms. The molecule has 18 heavy (non-hydrogen) atoms. The largest absolute Gasteiger partial charge is 0.389 e. The van der Waals surface area contributed by atoms with Gasteiger partial charge in [-0.2, -0.15) is 0 Å². The quantitative estimate of drug-likeness (QED) is 0.806. The molecule has 1 atom stereocenters. The van der Waals surface area contributed by atoms with Gasteiger partial charge in [0.05, 0.1) is 18.8 Å². The second-order valence-electron chi connectivity index (χ2n) is 4.72. The molecule has 0 aromatic carbocycles. The number of hydrogen-bond donors (Lipinski definition) is 2. The number of rotatable bonds is 7. The standard InChI is InChI=1S/C13H20BrNO2S/c14-12-5-6-18-13(12)8-15-7-10(16)9-17-11-3-1-2-4-11/h5-6,10-11,15-16H,1-4,7-9H2. The van der Waals surface area contributed by atoms with Gasteiger partial charge in [0, 0.05) is 22.4 Å². The average molecular weight is 334 g/mol. The van der Waals surface area contributed by atoms with Crippen LogP contribution in [-0.4, -0.2) is 30.5 Å². The lowest BCUT2D eigenvalue weighted by molar-refractivity contribution is -0.00548. The van der Waals surface area contributed by atoms with E-state index < -0.39 is 6.10 Å². The summed E-state index contributed by atoms with van der Waals surface area (Å²) in [5.41, 5.74) is 0. The van der Waals surface area contributed by atoms with Crippen LogP contribution in [-0.2, 0) is 11.3 Å². The fraction of sp³-hybridized carbons (Fsp3) is 0.692. The number of aliphatic hydroxyl groups excluding tert-OH is 1. The Bertz CT molecular complexity index is 353. The summed E-state index contributed by atoms with van der Waals surface area (Å²) in [5.74, 6) is 0. The lowest BCUT2D eigenvalue weighted by Gasteiger charge is -2.15. The van der Waals surface area contributed by atoms with Crippen LogP contribution in [0.1, 0.15) is 30.6 Å². The third kappa shape index (κ3) is 4.63. The fourth-order valence-corrected chi connectivity index (χ4v) is 3.63. The van der Waals surface area contributed by atoms with Crippen LogP contribution in [0.4, 0.5) is 0 Å². The highest BCUT2D eigenvalue weighted by atomic mass is 79.9. The first kappa shape index (κ1) is 14.5. The first-order chi connectivity index (χ1) is 8.75. The molecule has 1 aromatic heterocycles. The molecule has 1 fully saturated rings. The SMILES string of the molecule is OC(CNCc1sccc1Br)COC1CCCC1. The smallest absolute Gasteiger partial charge is 0.0897 e. The van der Waals surface area contributed by atoms with E-state index in [0.717, 1.165) is 23.9 Å². The van der Waals surface area contributed by atoms with Gasteiger partial charge < -0.3 is 15.2 Å². The lowest BCUT2D eigenvalue weighted by atomic mass is 10.3. The number of hydrogen-bond acceptors (Lipinski definition) is 4. The molecular weight excluding hydrogens is 314 g/mol. The summed E-state index contributed by atoms with van der Waals surface area (Å²) >= 11 is 5.20. The molecule has 3 nitrogen and oxygen atoms in total. The van der Waals surface area contributed by atoms with Crippen molar-refractivity contribution < 1.29 is 9.84 Å². The molecule has 102 valence electrons. The Morgan fingerprint density at radius 1 is 1.50 bits per heavy atom. The highest BCUT2D eigenvalue weighted by Crippen LogP contribution is 2.22. The Labute approximate surface area is 121 Å². The van der Waals surface area contributed by atoms with Crippen molar-refractivity contribution in [3.8, 4) is 0 Å². The number of ether oxygens (including phenoxy) is 1. The van der Waals surface area contributed by atoms with Gasteiger partial charge in [-0.25, -0.2) is 0 Å². The molecule has 1 heterocycles. The van der Waals surface area contributed by atoms with Crippen molar-refractivity contribution in [2.75, 3.05) is 13.2 Å². The third-order valence-electron chi connectivity index (χ3n) is 3.18. The van der Waals surface area contributed by atoms with Crippen molar-refractivity contribution in [2.45, 2.75) is 44.4 Å². The zero-order valence-electron chi connectivity index (χ0n) is 10.4. The van der Waals surface area contributed by atoms with Gasteiger partial charge in [-0.1, -0.05) is 12.8 Å². The van der Waals surface area contributed by atoms with Crippen LogP contribution < -0.4 is 5.32 Å². The Hall–Kier alpha value is 0.0600. The van der Waals surface area contributed by atoms with E-state index in [1.54, 1.807) is 11.3 Å². The molecule has 5 heteroatoms. The van der Waals surface area contributed by atoms with Crippen LogP contribution in [0.2, 0.25) is 0 Å². The van der Waals surface area contributed by atoms with Crippen molar-refractivity contribution in [1.29, 1.82) is 0 Å². The Morgan fingerprint density at radius 3 is 2.94 bits per heavy atom.